The number of anilines is 2. The van der Waals surface area contributed by atoms with Crippen molar-refractivity contribution >= 4 is 34.7 Å². The number of benzene rings is 3. The highest BCUT2D eigenvalue weighted by Gasteiger charge is 2.34. The molecule has 188 valence electrons. The standard InChI is InChI=1S/C28H25FN4O4/c1-15-24(26(35)33(32-15)20-8-7-16-9-10-28(2,3)22(16)14-20)31-30-23-13-19(29)12-21(25(23)34)17-5-4-6-18(11-17)27(36)37/h4-8,11-14,30,34H,9-10H2,1-3H3,(H,36,37)/b31-24-. The van der Waals surface area contributed by atoms with Gasteiger partial charge < -0.3 is 10.2 Å². The number of amides is 1. The minimum Gasteiger partial charge on any atom is -0.505 e. The molecule has 3 N–H and O–H groups in total. The van der Waals surface area contributed by atoms with Crippen LogP contribution in [0, 0.1) is 5.82 Å². The number of hydrazone groups is 2. The number of nitrogens with one attached hydrogen (secondary N) is 1. The van der Waals surface area contributed by atoms with Crippen LogP contribution in [0.4, 0.5) is 15.8 Å². The molecule has 5 rings (SSSR count). The molecule has 0 unspecified atom stereocenters. The number of carbonyl (C=O) groups excluding carboxylic acids is 1. The molecule has 3 aromatic rings. The molecule has 1 aliphatic carbocycles. The fraction of sp³-hybridized carbons (Fsp3) is 0.214. The van der Waals surface area contributed by atoms with Gasteiger partial charge in [0.2, 0.25) is 0 Å². The zero-order chi connectivity index (χ0) is 26.5. The Balaban J connectivity index is 1.43. The quantitative estimate of drug-likeness (QED) is 0.324. The summed E-state index contributed by atoms with van der Waals surface area (Å²) < 4.78 is 14.4. The second-order valence-electron chi connectivity index (χ2n) is 9.84. The number of hydrogen-bond donors (Lipinski definition) is 3. The predicted octanol–water partition coefficient (Wildman–Crippen LogP) is 5.31. The van der Waals surface area contributed by atoms with Crippen LogP contribution in [0.15, 0.2) is 64.8 Å². The number of phenols is 1. The summed E-state index contributed by atoms with van der Waals surface area (Å²) in [6.45, 7) is 6.00. The van der Waals surface area contributed by atoms with Gasteiger partial charge in [-0.1, -0.05) is 32.0 Å². The average Bonchev–Trinajstić information content (AvgIpc) is 3.33. The first kappa shape index (κ1) is 24.2. The molecule has 37 heavy (non-hydrogen) atoms. The van der Waals surface area contributed by atoms with Gasteiger partial charge in [0.25, 0.3) is 0 Å². The minimum atomic E-state index is -1.14. The number of carbonyl (C=O) groups is 2. The van der Waals surface area contributed by atoms with Crippen LogP contribution >= 0.6 is 0 Å². The lowest BCUT2D eigenvalue weighted by Crippen LogP contribution is -2.28. The van der Waals surface area contributed by atoms with Gasteiger partial charge in [-0.2, -0.15) is 15.2 Å². The van der Waals surface area contributed by atoms with E-state index in [0.29, 0.717) is 17.0 Å². The molecule has 0 bridgehead atoms. The topological polar surface area (TPSA) is 115 Å². The largest absolute Gasteiger partial charge is 0.505 e. The van der Waals surface area contributed by atoms with Crippen LogP contribution < -0.4 is 10.4 Å². The maximum absolute atomic E-state index is 14.4. The number of aromatic hydroxyl groups is 1. The van der Waals surface area contributed by atoms with Crippen molar-refractivity contribution in [3.05, 3.63) is 77.1 Å². The number of halogens is 1. The van der Waals surface area contributed by atoms with Crippen molar-refractivity contribution in [3.8, 4) is 16.9 Å². The molecule has 8 nitrogen and oxygen atoms in total. The summed E-state index contributed by atoms with van der Waals surface area (Å²) >= 11 is 0. The van der Waals surface area contributed by atoms with E-state index in [2.05, 4.69) is 29.5 Å². The number of hydrogen-bond acceptors (Lipinski definition) is 6. The molecule has 0 aromatic heterocycles. The predicted molar refractivity (Wildman–Crippen MR) is 140 cm³/mol. The van der Waals surface area contributed by atoms with E-state index < -0.39 is 17.7 Å². The summed E-state index contributed by atoms with van der Waals surface area (Å²) in [5.74, 6) is -2.62. The monoisotopic (exact) mass is 500 g/mol. The summed E-state index contributed by atoms with van der Waals surface area (Å²) in [5.41, 5.74) is 6.39. The van der Waals surface area contributed by atoms with Crippen molar-refractivity contribution in [3.63, 3.8) is 0 Å². The first-order valence-electron chi connectivity index (χ1n) is 11.8. The molecule has 0 saturated carbocycles. The minimum absolute atomic E-state index is 0.00524. The lowest BCUT2D eigenvalue weighted by Gasteiger charge is -2.21. The average molecular weight is 501 g/mol. The Morgan fingerprint density at radius 2 is 1.95 bits per heavy atom. The van der Waals surface area contributed by atoms with Crippen molar-refractivity contribution in [2.24, 2.45) is 10.2 Å². The lowest BCUT2D eigenvalue weighted by molar-refractivity contribution is -0.112. The first-order valence-corrected chi connectivity index (χ1v) is 11.8. The summed E-state index contributed by atoms with van der Waals surface area (Å²) in [6, 6.07) is 13.8. The van der Waals surface area contributed by atoms with Gasteiger partial charge in [0, 0.05) is 11.6 Å². The van der Waals surface area contributed by atoms with Gasteiger partial charge in [-0.25, -0.2) is 9.18 Å². The molecular formula is C28H25FN4O4. The van der Waals surface area contributed by atoms with Gasteiger partial charge in [-0.15, -0.1) is 0 Å². The van der Waals surface area contributed by atoms with Crippen molar-refractivity contribution in [2.45, 2.75) is 39.0 Å². The molecule has 0 atom stereocenters. The van der Waals surface area contributed by atoms with Crippen molar-refractivity contribution < 1.29 is 24.2 Å². The van der Waals surface area contributed by atoms with Gasteiger partial charge in [0.15, 0.2) is 5.71 Å². The number of carboxylic acid groups (broad SMARTS) is 1. The second kappa shape index (κ2) is 8.85. The first-order chi connectivity index (χ1) is 17.5. The van der Waals surface area contributed by atoms with Gasteiger partial charge >= 0.3 is 11.9 Å². The third-order valence-electron chi connectivity index (χ3n) is 6.86. The Hall–Kier alpha value is -4.53. The van der Waals surface area contributed by atoms with E-state index in [1.165, 1.54) is 34.3 Å². The van der Waals surface area contributed by atoms with E-state index in [-0.39, 0.29) is 33.7 Å². The third-order valence-corrected chi connectivity index (χ3v) is 6.86. The van der Waals surface area contributed by atoms with E-state index in [0.717, 1.165) is 25.0 Å². The molecule has 2 aliphatic rings. The number of fused-ring (bicyclic) bond motifs is 1. The van der Waals surface area contributed by atoms with Crippen molar-refractivity contribution in [1.82, 2.24) is 0 Å². The highest BCUT2D eigenvalue weighted by atomic mass is 19.1. The molecule has 0 fully saturated rings. The van der Waals surface area contributed by atoms with Gasteiger partial charge in [-0.05, 0) is 72.2 Å². The molecule has 9 heteroatoms. The van der Waals surface area contributed by atoms with Crippen LogP contribution in [-0.2, 0) is 16.6 Å². The Morgan fingerprint density at radius 1 is 1.16 bits per heavy atom. The van der Waals surface area contributed by atoms with Gasteiger partial charge in [-0.3, -0.25) is 10.2 Å². The number of aromatic carboxylic acids is 1. The fourth-order valence-electron chi connectivity index (χ4n) is 4.77. The Labute approximate surface area is 212 Å². The molecule has 0 radical (unpaired) electrons. The lowest BCUT2D eigenvalue weighted by atomic mass is 9.86. The number of aryl methyl sites for hydroxylation is 1. The molecule has 0 saturated heterocycles. The van der Waals surface area contributed by atoms with Crippen LogP contribution in [-0.4, -0.2) is 33.5 Å². The molecule has 0 spiro atoms. The van der Waals surface area contributed by atoms with Gasteiger partial charge in [0.1, 0.15) is 17.3 Å². The Bertz CT molecular complexity index is 1530. The smallest absolute Gasteiger partial charge is 0.335 e. The number of carboxylic acids is 1. The van der Waals surface area contributed by atoms with Crippen LogP contribution in [0.5, 0.6) is 5.75 Å². The van der Waals surface area contributed by atoms with E-state index in [1.807, 2.05) is 18.2 Å². The van der Waals surface area contributed by atoms with Crippen molar-refractivity contribution in [2.75, 3.05) is 10.4 Å². The highest BCUT2D eigenvalue weighted by molar-refractivity contribution is 6.71. The summed E-state index contributed by atoms with van der Waals surface area (Å²) in [6.07, 6.45) is 2.04. The molecule has 1 aliphatic heterocycles. The summed E-state index contributed by atoms with van der Waals surface area (Å²) in [7, 11) is 0. The van der Waals surface area contributed by atoms with Crippen LogP contribution in [0.2, 0.25) is 0 Å². The summed E-state index contributed by atoms with van der Waals surface area (Å²) in [5, 5.41) is 29.9. The van der Waals surface area contributed by atoms with Crippen LogP contribution in [0.3, 0.4) is 0 Å². The van der Waals surface area contributed by atoms with Gasteiger partial charge in [0.05, 0.1) is 17.0 Å². The maximum Gasteiger partial charge on any atom is 0.335 e. The van der Waals surface area contributed by atoms with E-state index in [9.17, 15) is 24.2 Å². The zero-order valence-electron chi connectivity index (χ0n) is 20.5. The van der Waals surface area contributed by atoms with Crippen LogP contribution in [0.25, 0.3) is 11.1 Å². The number of rotatable bonds is 5. The molecular weight excluding hydrogens is 475 g/mol. The zero-order valence-corrected chi connectivity index (χ0v) is 20.5. The number of phenolic OH excluding ortho intramolecular Hbond substituents is 1. The highest BCUT2D eigenvalue weighted by Crippen LogP contribution is 2.41. The maximum atomic E-state index is 14.4. The molecule has 1 heterocycles. The van der Waals surface area contributed by atoms with E-state index in [4.69, 9.17) is 0 Å². The normalized spacial score (nSPS) is 17.2. The van der Waals surface area contributed by atoms with E-state index in [1.54, 1.807) is 13.0 Å². The fourth-order valence-corrected chi connectivity index (χ4v) is 4.77. The number of nitrogens with zero attached hydrogens (tertiary/aromatic N) is 3. The molecule has 1 amide bonds. The van der Waals surface area contributed by atoms with E-state index >= 15 is 0 Å². The third kappa shape index (κ3) is 4.33. The second-order valence-corrected chi connectivity index (χ2v) is 9.84. The SMILES string of the molecule is CC1=NN(c2ccc3c(c2)C(C)(C)CC3)C(=O)/C1=N\Nc1cc(F)cc(-c2cccc(C(=O)O)c2)c1O. The van der Waals surface area contributed by atoms with Crippen LogP contribution in [0.1, 0.15) is 48.7 Å². The summed E-state index contributed by atoms with van der Waals surface area (Å²) in [4.78, 5) is 24.5. The Kier molecular flexibility index (Phi) is 5.78. The van der Waals surface area contributed by atoms with Crippen molar-refractivity contribution in [1.29, 1.82) is 0 Å². The molecule has 3 aromatic carbocycles. The Morgan fingerprint density at radius 3 is 2.70 bits per heavy atom.